The quantitative estimate of drug-likeness (QED) is 0.914. The molecule has 0 radical (unpaired) electrons. The minimum absolute atomic E-state index is 0.425. The molecule has 1 unspecified atom stereocenters. The van der Waals surface area contributed by atoms with Gasteiger partial charge in [-0.05, 0) is 23.3 Å². The van der Waals surface area contributed by atoms with E-state index in [9.17, 15) is 5.11 Å². The van der Waals surface area contributed by atoms with Crippen LogP contribution in [-0.4, -0.2) is 19.3 Å². The highest BCUT2D eigenvalue weighted by Gasteiger charge is 2.16. The third-order valence-electron chi connectivity index (χ3n) is 3.11. The Kier molecular flexibility index (Phi) is 4.88. The molecule has 0 aromatic heterocycles. The van der Waals surface area contributed by atoms with E-state index in [1.54, 1.807) is 19.2 Å². The van der Waals surface area contributed by atoms with Crippen LogP contribution in [0.15, 0.2) is 42.5 Å². The summed E-state index contributed by atoms with van der Waals surface area (Å²) in [6.45, 7) is 0. The van der Waals surface area contributed by atoms with Gasteiger partial charge in [-0.15, -0.1) is 0 Å². The van der Waals surface area contributed by atoms with Crippen molar-refractivity contribution in [3.8, 4) is 11.5 Å². The fourth-order valence-corrected chi connectivity index (χ4v) is 2.38. The summed E-state index contributed by atoms with van der Waals surface area (Å²) in [7, 11) is 3.07. The van der Waals surface area contributed by atoms with E-state index in [-0.39, 0.29) is 0 Å². The first-order valence-corrected chi connectivity index (χ1v) is 6.67. The van der Waals surface area contributed by atoms with Gasteiger partial charge in [0.25, 0.3) is 0 Å². The molecule has 2 rings (SSSR count). The third-order valence-corrected chi connectivity index (χ3v) is 3.39. The van der Waals surface area contributed by atoms with Crippen LogP contribution in [0.1, 0.15) is 17.2 Å². The fourth-order valence-electron chi connectivity index (χ4n) is 2.09. The van der Waals surface area contributed by atoms with Gasteiger partial charge < -0.3 is 14.6 Å². The standard InChI is InChI=1S/C16H17ClO3/c1-19-15-10-12(9-13(17)16(15)20-2)14(18)8-11-6-4-3-5-7-11/h3-7,9-10,14,18H,8H2,1-2H3. The lowest BCUT2D eigenvalue weighted by atomic mass is 10.0. The van der Waals surface area contributed by atoms with Crippen molar-refractivity contribution >= 4 is 11.6 Å². The SMILES string of the molecule is COc1cc(C(O)Cc2ccccc2)cc(Cl)c1OC. The van der Waals surface area contributed by atoms with Crippen LogP contribution in [0.4, 0.5) is 0 Å². The van der Waals surface area contributed by atoms with Gasteiger partial charge in [-0.1, -0.05) is 41.9 Å². The van der Waals surface area contributed by atoms with E-state index in [1.807, 2.05) is 30.3 Å². The van der Waals surface area contributed by atoms with Gasteiger partial charge in [0, 0.05) is 6.42 Å². The second kappa shape index (κ2) is 6.64. The highest BCUT2D eigenvalue weighted by molar-refractivity contribution is 6.32. The maximum absolute atomic E-state index is 10.3. The Morgan fingerprint density at radius 3 is 2.40 bits per heavy atom. The summed E-state index contributed by atoms with van der Waals surface area (Å²) in [5, 5.41) is 10.8. The molecule has 0 amide bonds. The Balaban J connectivity index is 2.26. The summed E-state index contributed by atoms with van der Waals surface area (Å²) >= 11 is 6.14. The van der Waals surface area contributed by atoms with Crippen molar-refractivity contribution in [1.29, 1.82) is 0 Å². The van der Waals surface area contributed by atoms with Crippen LogP contribution >= 0.6 is 11.6 Å². The topological polar surface area (TPSA) is 38.7 Å². The van der Waals surface area contributed by atoms with Crippen molar-refractivity contribution in [3.63, 3.8) is 0 Å². The van der Waals surface area contributed by atoms with Crippen molar-refractivity contribution < 1.29 is 14.6 Å². The van der Waals surface area contributed by atoms with Crippen molar-refractivity contribution in [2.24, 2.45) is 0 Å². The van der Waals surface area contributed by atoms with E-state index in [0.717, 1.165) is 5.56 Å². The van der Waals surface area contributed by atoms with Crippen LogP contribution < -0.4 is 9.47 Å². The number of hydrogen-bond donors (Lipinski definition) is 1. The van der Waals surface area contributed by atoms with Gasteiger partial charge in [0.05, 0.1) is 25.3 Å². The Bertz CT molecular complexity index is 569. The van der Waals surface area contributed by atoms with Gasteiger partial charge in [-0.2, -0.15) is 0 Å². The molecule has 1 N–H and O–H groups in total. The molecule has 0 heterocycles. The van der Waals surface area contributed by atoms with Crippen LogP contribution in [0.25, 0.3) is 0 Å². The van der Waals surface area contributed by atoms with Gasteiger partial charge in [-0.25, -0.2) is 0 Å². The molecular formula is C16H17ClO3. The number of methoxy groups -OCH3 is 2. The van der Waals surface area contributed by atoms with E-state index in [1.165, 1.54) is 7.11 Å². The summed E-state index contributed by atoms with van der Waals surface area (Å²) < 4.78 is 10.4. The fraction of sp³-hybridized carbons (Fsp3) is 0.250. The zero-order valence-electron chi connectivity index (χ0n) is 11.5. The summed E-state index contributed by atoms with van der Waals surface area (Å²) in [5.41, 5.74) is 1.77. The first kappa shape index (κ1) is 14.7. The zero-order valence-corrected chi connectivity index (χ0v) is 12.2. The van der Waals surface area contributed by atoms with Gasteiger partial charge in [0.2, 0.25) is 0 Å². The minimum atomic E-state index is -0.644. The molecule has 4 heteroatoms. The largest absolute Gasteiger partial charge is 0.493 e. The van der Waals surface area contributed by atoms with Gasteiger partial charge in [-0.3, -0.25) is 0 Å². The number of benzene rings is 2. The Labute approximate surface area is 123 Å². The molecule has 106 valence electrons. The van der Waals surface area contributed by atoms with E-state index >= 15 is 0 Å². The maximum Gasteiger partial charge on any atom is 0.179 e. The first-order chi connectivity index (χ1) is 9.65. The highest BCUT2D eigenvalue weighted by atomic mass is 35.5. The van der Waals surface area contributed by atoms with E-state index < -0.39 is 6.10 Å². The molecule has 0 bridgehead atoms. The molecule has 2 aromatic carbocycles. The normalized spacial score (nSPS) is 12.0. The average Bonchev–Trinajstić information content (AvgIpc) is 2.47. The molecule has 0 aliphatic rings. The summed E-state index contributed by atoms with van der Waals surface area (Å²) in [5.74, 6) is 0.993. The van der Waals surface area contributed by atoms with E-state index in [4.69, 9.17) is 21.1 Å². The lowest BCUT2D eigenvalue weighted by molar-refractivity contribution is 0.178. The Morgan fingerprint density at radius 1 is 1.10 bits per heavy atom. The smallest absolute Gasteiger partial charge is 0.179 e. The molecule has 0 saturated carbocycles. The molecule has 3 nitrogen and oxygen atoms in total. The lowest BCUT2D eigenvalue weighted by Gasteiger charge is -2.15. The lowest BCUT2D eigenvalue weighted by Crippen LogP contribution is -2.03. The molecule has 1 atom stereocenters. The predicted octanol–water partition coefficient (Wildman–Crippen LogP) is 3.63. The average molecular weight is 293 g/mol. The molecule has 20 heavy (non-hydrogen) atoms. The monoisotopic (exact) mass is 292 g/mol. The molecule has 2 aromatic rings. The number of aliphatic hydroxyl groups excluding tert-OH is 1. The Hall–Kier alpha value is -1.71. The molecule has 0 aliphatic carbocycles. The van der Waals surface area contributed by atoms with Crippen LogP contribution in [-0.2, 0) is 6.42 Å². The molecule has 0 saturated heterocycles. The van der Waals surface area contributed by atoms with Crippen molar-refractivity contribution in [2.75, 3.05) is 14.2 Å². The molecule has 0 spiro atoms. The van der Waals surface area contributed by atoms with Crippen LogP contribution in [0.5, 0.6) is 11.5 Å². The minimum Gasteiger partial charge on any atom is -0.493 e. The van der Waals surface area contributed by atoms with Crippen LogP contribution in [0.3, 0.4) is 0 Å². The van der Waals surface area contributed by atoms with Crippen molar-refractivity contribution in [1.82, 2.24) is 0 Å². The van der Waals surface area contributed by atoms with Gasteiger partial charge >= 0.3 is 0 Å². The zero-order chi connectivity index (χ0) is 14.5. The van der Waals surface area contributed by atoms with Gasteiger partial charge in [0.15, 0.2) is 11.5 Å². The van der Waals surface area contributed by atoms with Crippen molar-refractivity contribution in [3.05, 3.63) is 58.6 Å². The predicted molar refractivity (Wildman–Crippen MR) is 79.7 cm³/mol. The Morgan fingerprint density at radius 2 is 1.80 bits per heavy atom. The summed E-state index contributed by atoms with van der Waals surface area (Å²) in [6, 6.07) is 13.3. The second-order valence-electron chi connectivity index (χ2n) is 4.44. The number of ether oxygens (including phenoxy) is 2. The van der Waals surface area contributed by atoms with Crippen molar-refractivity contribution in [2.45, 2.75) is 12.5 Å². The van der Waals surface area contributed by atoms with Gasteiger partial charge in [0.1, 0.15) is 0 Å². The number of aliphatic hydroxyl groups is 1. The van der Waals surface area contributed by atoms with Crippen LogP contribution in [0, 0.1) is 0 Å². The molecule has 0 aliphatic heterocycles. The third kappa shape index (κ3) is 3.24. The maximum atomic E-state index is 10.3. The molecule has 0 fully saturated rings. The van der Waals surface area contributed by atoms with E-state index in [0.29, 0.717) is 28.5 Å². The number of hydrogen-bond acceptors (Lipinski definition) is 3. The first-order valence-electron chi connectivity index (χ1n) is 6.29. The second-order valence-corrected chi connectivity index (χ2v) is 4.85. The number of halogens is 1. The molecular weight excluding hydrogens is 276 g/mol. The number of rotatable bonds is 5. The van der Waals surface area contributed by atoms with E-state index in [2.05, 4.69) is 0 Å². The summed E-state index contributed by atoms with van der Waals surface area (Å²) in [4.78, 5) is 0. The summed E-state index contributed by atoms with van der Waals surface area (Å²) in [6.07, 6.45) is -0.123. The van der Waals surface area contributed by atoms with Crippen LogP contribution in [0.2, 0.25) is 5.02 Å². The highest BCUT2D eigenvalue weighted by Crippen LogP contribution is 2.38.